The molecule has 1 aliphatic heterocycles. The number of hydrogen-bond acceptors (Lipinski definition) is 9. The number of carbonyl (C=O) groups excluding carboxylic acids is 4. The Hall–Kier alpha value is -3.32. The van der Waals surface area contributed by atoms with Crippen molar-refractivity contribution in [2.24, 2.45) is 29.4 Å². The zero-order chi connectivity index (χ0) is 37.6. The molecule has 286 valence electrons. The molecule has 0 saturated heterocycles. The van der Waals surface area contributed by atoms with Crippen LogP contribution in [0.25, 0.3) is 0 Å². The lowest BCUT2D eigenvalue weighted by atomic mass is 9.74. The van der Waals surface area contributed by atoms with Crippen molar-refractivity contribution in [3.05, 3.63) is 47.7 Å². The maximum Gasteiger partial charge on any atom is 0.247 e. The Morgan fingerprint density at radius 1 is 1.04 bits per heavy atom. The molecule has 0 aromatic heterocycles. The molecular weight excluding hydrogens is 650 g/mol. The Kier molecular flexibility index (Phi) is 17.0. The Balaban J connectivity index is 2.09. The number of hydrogen-bond donors (Lipinski definition) is 6. The van der Waals surface area contributed by atoms with Gasteiger partial charge in [-0.15, -0.1) is 0 Å². The lowest BCUT2D eigenvalue weighted by Gasteiger charge is -2.46. The van der Waals surface area contributed by atoms with Crippen molar-refractivity contribution in [1.29, 1.82) is 0 Å². The Labute approximate surface area is 304 Å². The summed E-state index contributed by atoms with van der Waals surface area (Å²) in [4.78, 5) is 57.4. The first-order valence-electron chi connectivity index (χ1n) is 18.8. The maximum absolute atomic E-state index is 15.2. The van der Waals surface area contributed by atoms with E-state index < -0.39 is 47.4 Å². The summed E-state index contributed by atoms with van der Waals surface area (Å²) in [6.07, 6.45) is 6.23. The highest BCUT2D eigenvalue weighted by molar-refractivity contribution is 6.04. The van der Waals surface area contributed by atoms with Gasteiger partial charge in [-0.05, 0) is 48.7 Å². The van der Waals surface area contributed by atoms with Crippen molar-refractivity contribution < 1.29 is 34.1 Å². The molecule has 1 saturated carbocycles. The van der Waals surface area contributed by atoms with E-state index in [1.807, 2.05) is 58.0 Å². The quantitative estimate of drug-likeness (QED) is 0.111. The molecule has 12 nitrogen and oxygen atoms in total. The third-order valence-corrected chi connectivity index (χ3v) is 9.89. The van der Waals surface area contributed by atoms with Gasteiger partial charge in [-0.25, -0.2) is 0 Å². The molecule has 12 heteroatoms. The molecule has 1 aromatic carbocycles. The fourth-order valence-corrected chi connectivity index (χ4v) is 7.45. The molecule has 1 aliphatic carbocycles. The van der Waals surface area contributed by atoms with E-state index in [1.54, 1.807) is 6.08 Å². The van der Waals surface area contributed by atoms with Crippen molar-refractivity contribution in [2.75, 3.05) is 32.8 Å². The normalized spacial score (nSPS) is 19.4. The third-order valence-electron chi connectivity index (χ3n) is 9.89. The fourth-order valence-electron chi connectivity index (χ4n) is 7.45. The van der Waals surface area contributed by atoms with E-state index >= 15 is 4.79 Å². The molecule has 2 unspecified atom stereocenters. The Morgan fingerprint density at radius 2 is 1.73 bits per heavy atom. The first-order valence-corrected chi connectivity index (χ1v) is 18.8. The molecule has 0 bridgehead atoms. The number of aliphatic hydroxyl groups excluding tert-OH is 2. The van der Waals surface area contributed by atoms with Crippen LogP contribution in [0.1, 0.15) is 91.5 Å². The summed E-state index contributed by atoms with van der Waals surface area (Å²) < 4.78 is 6.04. The molecule has 7 N–H and O–H groups in total. The number of nitrogens with zero attached hydrogens (tertiary/aromatic N) is 1. The molecule has 2 aliphatic rings. The van der Waals surface area contributed by atoms with Gasteiger partial charge in [0.1, 0.15) is 11.3 Å². The summed E-state index contributed by atoms with van der Waals surface area (Å²) >= 11 is 0. The van der Waals surface area contributed by atoms with E-state index in [9.17, 15) is 24.6 Å². The van der Waals surface area contributed by atoms with Gasteiger partial charge < -0.3 is 36.6 Å². The van der Waals surface area contributed by atoms with Gasteiger partial charge in [0.2, 0.25) is 23.6 Å². The van der Waals surface area contributed by atoms with E-state index in [0.29, 0.717) is 25.3 Å². The summed E-state index contributed by atoms with van der Waals surface area (Å²) in [7, 11) is 0. The van der Waals surface area contributed by atoms with Crippen LogP contribution in [0.15, 0.2) is 42.2 Å². The largest absolute Gasteiger partial charge is 0.496 e. The fraction of sp³-hybridized carbons (Fsp3) is 0.692. The molecule has 1 heterocycles. The topological polar surface area (TPSA) is 183 Å². The van der Waals surface area contributed by atoms with Crippen molar-refractivity contribution in [2.45, 2.75) is 116 Å². The van der Waals surface area contributed by atoms with Crippen LogP contribution in [0.2, 0.25) is 0 Å². The van der Waals surface area contributed by atoms with Gasteiger partial charge in [0.25, 0.3) is 0 Å². The number of aliphatic hydroxyl groups is 2. The predicted molar refractivity (Wildman–Crippen MR) is 197 cm³/mol. The number of rotatable bonds is 20. The lowest BCUT2D eigenvalue weighted by molar-refractivity contribution is -0.163. The van der Waals surface area contributed by atoms with Crippen LogP contribution >= 0.6 is 0 Å². The van der Waals surface area contributed by atoms with Gasteiger partial charge in [-0.1, -0.05) is 90.1 Å². The molecule has 51 heavy (non-hydrogen) atoms. The van der Waals surface area contributed by atoms with Gasteiger partial charge in [-0.2, -0.15) is 0 Å². The van der Waals surface area contributed by atoms with Gasteiger partial charge >= 0.3 is 0 Å². The number of nitrogens with two attached hydrogens (primary N) is 1. The molecule has 1 fully saturated rings. The summed E-state index contributed by atoms with van der Waals surface area (Å²) in [6.45, 7) is 10.1. The smallest absolute Gasteiger partial charge is 0.247 e. The highest BCUT2D eigenvalue weighted by Crippen LogP contribution is 2.39. The number of benzene rings is 1. The lowest BCUT2D eigenvalue weighted by Crippen LogP contribution is -2.70. The van der Waals surface area contributed by atoms with Crippen molar-refractivity contribution in [3.8, 4) is 0 Å². The van der Waals surface area contributed by atoms with Crippen LogP contribution < -0.4 is 21.7 Å². The third kappa shape index (κ3) is 12.4. The number of nitrogens with one attached hydrogen (secondary N) is 3. The summed E-state index contributed by atoms with van der Waals surface area (Å²) in [5.41, 5.74) is 5.60. The van der Waals surface area contributed by atoms with Crippen LogP contribution in [0.4, 0.5) is 0 Å². The second kappa shape index (κ2) is 20.7. The van der Waals surface area contributed by atoms with Gasteiger partial charge in [0.15, 0.2) is 0 Å². The highest BCUT2D eigenvalue weighted by atomic mass is 16.5. The van der Waals surface area contributed by atoms with E-state index in [2.05, 4.69) is 16.0 Å². The first-order chi connectivity index (χ1) is 24.3. The average molecular weight is 714 g/mol. The average Bonchev–Trinajstić information content (AvgIpc) is 3.56. The molecule has 5 atom stereocenters. The SMILES string of the molecule is CC(=O)N(C(=O)[C@@H](N)Cc1ccccc1)[C@](CC(C)C)(C(=O)N[C@@H](CC1CCCCC1)C(O)CC(=O)NCC(C)C)C1C=C(CNCCO)OC1. The Morgan fingerprint density at radius 3 is 2.33 bits per heavy atom. The molecule has 4 amide bonds. The van der Waals surface area contributed by atoms with Crippen LogP contribution in [-0.2, 0) is 30.3 Å². The molecule has 3 rings (SSSR count). The van der Waals surface area contributed by atoms with E-state index in [0.717, 1.165) is 42.6 Å². The first kappa shape index (κ1) is 42.1. The zero-order valence-electron chi connectivity index (χ0n) is 31.4. The van der Waals surface area contributed by atoms with Crippen molar-refractivity contribution in [1.82, 2.24) is 20.9 Å². The Bertz CT molecular complexity index is 1300. The summed E-state index contributed by atoms with van der Waals surface area (Å²) in [6, 6.07) is 7.33. The van der Waals surface area contributed by atoms with Crippen molar-refractivity contribution >= 4 is 23.6 Å². The molecule has 0 radical (unpaired) electrons. The van der Waals surface area contributed by atoms with E-state index in [1.165, 1.54) is 6.92 Å². The maximum atomic E-state index is 15.2. The van der Waals surface area contributed by atoms with Crippen LogP contribution in [0.5, 0.6) is 0 Å². The minimum Gasteiger partial charge on any atom is -0.496 e. The minimum atomic E-state index is -1.77. The van der Waals surface area contributed by atoms with Crippen molar-refractivity contribution in [3.63, 3.8) is 0 Å². The zero-order valence-corrected chi connectivity index (χ0v) is 31.4. The van der Waals surface area contributed by atoms with Crippen LogP contribution in [-0.4, -0.2) is 95.3 Å². The second-order valence-electron chi connectivity index (χ2n) is 15.3. The molecule has 0 spiro atoms. The number of amides is 4. The van der Waals surface area contributed by atoms with Gasteiger partial charge in [0, 0.05) is 25.9 Å². The molecular formula is C39H63N5O7. The van der Waals surface area contributed by atoms with Crippen LogP contribution in [0, 0.1) is 23.7 Å². The number of carbonyl (C=O) groups is 4. The van der Waals surface area contributed by atoms with Gasteiger partial charge in [0.05, 0.1) is 44.4 Å². The predicted octanol–water partition coefficient (Wildman–Crippen LogP) is 2.81. The van der Waals surface area contributed by atoms with Gasteiger partial charge in [-0.3, -0.25) is 24.1 Å². The number of ether oxygens (including phenoxy) is 1. The highest BCUT2D eigenvalue weighted by Gasteiger charge is 2.56. The summed E-state index contributed by atoms with van der Waals surface area (Å²) in [5.74, 6) is -2.13. The van der Waals surface area contributed by atoms with Crippen LogP contribution in [0.3, 0.4) is 0 Å². The number of imide groups is 1. The van der Waals surface area contributed by atoms with E-state index in [-0.39, 0.29) is 62.7 Å². The monoisotopic (exact) mass is 713 g/mol. The molecule has 1 aromatic rings. The standard InChI is InChI=1S/C39H63N5O7/c1-26(2)22-39(31-20-32(51-25-31)24-41-16-17-45,44(28(5)46)37(49)33(40)18-29-12-8-6-9-13-29)38(50)43-34(19-30-14-10-7-11-15-30)35(47)21-36(48)42-23-27(3)4/h6,8-9,12-13,20,26-27,30-31,33-35,41,45,47H,7,10-11,14-19,21-25,40H2,1-5H3,(H,42,48)(H,43,50)/t31?,33-,34-,35?,39-/m0/s1. The minimum absolute atomic E-state index is 0.0225. The second-order valence-corrected chi connectivity index (χ2v) is 15.3. The van der Waals surface area contributed by atoms with E-state index in [4.69, 9.17) is 10.5 Å². The summed E-state index contributed by atoms with van der Waals surface area (Å²) in [5, 5.41) is 29.9.